The highest BCUT2D eigenvalue weighted by Gasteiger charge is 2.23. The molecule has 1 aliphatic carbocycles. The molecule has 1 heterocycles. The zero-order valence-electron chi connectivity index (χ0n) is 20.2. The molecule has 0 aromatic rings. The zero-order valence-corrected chi connectivity index (χ0v) is 20.2. The van der Waals surface area contributed by atoms with Crippen LogP contribution in [0.3, 0.4) is 0 Å². The van der Waals surface area contributed by atoms with E-state index in [1.54, 1.807) is 0 Å². The molecule has 4 amide bonds. The van der Waals surface area contributed by atoms with Crippen LogP contribution in [0.15, 0.2) is 24.3 Å². The Morgan fingerprint density at radius 2 is 1.43 bits per heavy atom. The van der Waals surface area contributed by atoms with Crippen molar-refractivity contribution < 1.29 is 38.1 Å². The van der Waals surface area contributed by atoms with Gasteiger partial charge in [-0.05, 0) is 32.1 Å². The second-order valence-corrected chi connectivity index (χ2v) is 8.03. The lowest BCUT2D eigenvalue weighted by molar-refractivity contribution is -0.137. The summed E-state index contributed by atoms with van der Waals surface area (Å²) in [6.07, 6.45) is 11.1. The summed E-state index contributed by atoms with van der Waals surface area (Å²) in [5.74, 6) is -1.05. The van der Waals surface area contributed by atoms with Crippen molar-refractivity contribution in [2.45, 2.75) is 44.6 Å². The van der Waals surface area contributed by atoms with Gasteiger partial charge < -0.3 is 29.6 Å². The third-order valence-electron chi connectivity index (χ3n) is 5.28. The van der Waals surface area contributed by atoms with E-state index < -0.39 is 17.9 Å². The van der Waals surface area contributed by atoms with Gasteiger partial charge in [0.25, 0.3) is 11.8 Å². The first-order chi connectivity index (χ1) is 17.1. The molecule has 0 saturated carbocycles. The van der Waals surface area contributed by atoms with Gasteiger partial charge in [-0.15, -0.1) is 0 Å². The standard InChI is InChI=1S/C24H37N3O8/c28-21(10-13-27-22(29)8-9-23(27)30)25-11-14-32-16-18-34-19-17-33-15-12-26-24(31)35-20-6-4-2-1-3-5-7-20/h1-2,8-9,20H,3-7,10-19H2,(H,25,28)(H,26,31)/b2-1+/t20-/m0/s1. The topological polar surface area (TPSA) is 132 Å². The number of amides is 4. The number of alkyl carbamates (subject to hydrolysis) is 1. The van der Waals surface area contributed by atoms with Crippen molar-refractivity contribution in [2.75, 3.05) is 59.3 Å². The summed E-state index contributed by atoms with van der Waals surface area (Å²) in [5, 5.41) is 5.37. The Hall–Kier alpha value is -2.76. The Kier molecular flexibility index (Phi) is 14.4. The fourth-order valence-corrected chi connectivity index (χ4v) is 3.42. The largest absolute Gasteiger partial charge is 0.446 e. The van der Waals surface area contributed by atoms with Gasteiger partial charge in [0.2, 0.25) is 5.91 Å². The lowest BCUT2D eigenvalue weighted by Gasteiger charge is -2.18. The molecule has 0 spiro atoms. The van der Waals surface area contributed by atoms with Crippen molar-refractivity contribution in [1.29, 1.82) is 0 Å². The average Bonchev–Trinajstić information content (AvgIpc) is 3.14. The molecule has 1 atom stereocenters. The first-order valence-electron chi connectivity index (χ1n) is 12.2. The van der Waals surface area contributed by atoms with Gasteiger partial charge in [-0.1, -0.05) is 12.2 Å². The molecule has 11 nitrogen and oxygen atoms in total. The minimum Gasteiger partial charge on any atom is -0.446 e. The van der Waals surface area contributed by atoms with E-state index >= 15 is 0 Å². The summed E-state index contributed by atoms with van der Waals surface area (Å²) in [6.45, 7) is 3.05. The summed E-state index contributed by atoms with van der Waals surface area (Å²) < 4.78 is 21.6. The zero-order chi connectivity index (χ0) is 25.1. The molecule has 0 saturated heterocycles. The number of allylic oxidation sites excluding steroid dienone is 2. The highest BCUT2D eigenvalue weighted by atomic mass is 16.6. The Morgan fingerprint density at radius 1 is 0.829 bits per heavy atom. The second kappa shape index (κ2) is 17.6. The first kappa shape index (κ1) is 28.5. The van der Waals surface area contributed by atoms with Crippen LogP contribution >= 0.6 is 0 Å². The van der Waals surface area contributed by atoms with Crippen LogP contribution in [0.2, 0.25) is 0 Å². The predicted molar refractivity (Wildman–Crippen MR) is 126 cm³/mol. The Balaban J connectivity index is 1.31. The number of nitrogens with zero attached hydrogens (tertiary/aromatic N) is 1. The van der Waals surface area contributed by atoms with Crippen molar-refractivity contribution in [2.24, 2.45) is 0 Å². The third kappa shape index (κ3) is 13.1. The van der Waals surface area contributed by atoms with E-state index in [9.17, 15) is 19.2 Å². The molecule has 35 heavy (non-hydrogen) atoms. The quantitative estimate of drug-likeness (QED) is 0.185. The Bertz CT molecular complexity index is 722. The molecule has 0 aromatic heterocycles. The lowest BCUT2D eigenvalue weighted by atomic mass is 10.0. The molecule has 2 N–H and O–H groups in total. The van der Waals surface area contributed by atoms with E-state index in [0.29, 0.717) is 52.7 Å². The number of carbonyl (C=O) groups excluding carboxylic acids is 4. The molecule has 2 rings (SSSR count). The molecular formula is C24H37N3O8. The van der Waals surface area contributed by atoms with Crippen LogP contribution in [0.4, 0.5) is 4.79 Å². The van der Waals surface area contributed by atoms with Gasteiger partial charge >= 0.3 is 6.09 Å². The minimum atomic E-state index is -0.401. The number of imide groups is 1. The maximum absolute atomic E-state index is 11.8. The number of hydrogen-bond donors (Lipinski definition) is 2. The monoisotopic (exact) mass is 495 g/mol. The van der Waals surface area contributed by atoms with Crippen molar-refractivity contribution in [3.63, 3.8) is 0 Å². The van der Waals surface area contributed by atoms with Gasteiger partial charge in [-0.3, -0.25) is 19.3 Å². The molecule has 1 aliphatic heterocycles. The fourth-order valence-electron chi connectivity index (χ4n) is 3.42. The van der Waals surface area contributed by atoms with Gasteiger partial charge in [0.1, 0.15) is 6.10 Å². The molecule has 0 radical (unpaired) electrons. The van der Waals surface area contributed by atoms with E-state index in [4.69, 9.17) is 18.9 Å². The van der Waals surface area contributed by atoms with Crippen LogP contribution in [0.1, 0.15) is 38.5 Å². The fraction of sp³-hybridized carbons (Fsp3) is 0.667. The lowest BCUT2D eigenvalue weighted by Crippen LogP contribution is -2.35. The van der Waals surface area contributed by atoms with Crippen molar-refractivity contribution in [3.8, 4) is 0 Å². The summed E-state index contributed by atoms with van der Waals surface area (Å²) in [4.78, 5) is 47.4. The second-order valence-electron chi connectivity index (χ2n) is 8.03. The molecular weight excluding hydrogens is 458 g/mol. The number of carbonyl (C=O) groups is 4. The van der Waals surface area contributed by atoms with Gasteiger partial charge in [0.05, 0.1) is 39.6 Å². The molecule has 0 unspecified atom stereocenters. The Morgan fingerprint density at radius 3 is 2.11 bits per heavy atom. The first-order valence-corrected chi connectivity index (χ1v) is 12.2. The highest BCUT2D eigenvalue weighted by molar-refractivity contribution is 6.13. The smallest absolute Gasteiger partial charge is 0.407 e. The summed E-state index contributed by atoms with van der Waals surface area (Å²) in [5.41, 5.74) is 0. The van der Waals surface area contributed by atoms with Crippen molar-refractivity contribution in [3.05, 3.63) is 24.3 Å². The molecule has 2 aliphatic rings. The van der Waals surface area contributed by atoms with Crippen LogP contribution in [-0.4, -0.2) is 94.1 Å². The third-order valence-corrected chi connectivity index (χ3v) is 5.28. The molecule has 0 aromatic carbocycles. The Labute approximate surface area is 206 Å². The van der Waals surface area contributed by atoms with E-state index in [1.807, 2.05) is 0 Å². The molecule has 11 heteroatoms. The number of hydrogen-bond acceptors (Lipinski definition) is 8. The summed E-state index contributed by atoms with van der Waals surface area (Å²) in [6, 6.07) is 0. The van der Waals surface area contributed by atoms with Gasteiger partial charge in [0, 0.05) is 38.2 Å². The predicted octanol–water partition coefficient (Wildman–Crippen LogP) is 1.08. The van der Waals surface area contributed by atoms with Gasteiger partial charge in [0.15, 0.2) is 0 Å². The summed E-state index contributed by atoms with van der Waals surface area (Å²) >= 11 is 0. The minimum absolute atomic E-state index is 0.0239. The average molecular weight is 496 g/mol. The van der Waals surface area contributed by atoms with E-state index in [0.717, 1.165) is 37.0 Å². The van der Waals surface area contributed by atoms with Gasteiger partial charge in [-0.25, -0.2) is 4.79 Å². The highest BCUT2D eigenvalue weighted by Crippen LogP contribution is 2.15. The number of nitrogens with one attached hydrogen (secondary N) is 2. The van der Waals surface area contributed by atoms with Crippen molar-refractivity contribution >= 4 is 23.8 Å². The molecule has 196 valence electrons. The van der Waals surface area contributed by atoms with E-state index in [2.05, 4.69) is 22.8 Å². The van der Waals surface area contributed by atoms with Crippen LogP contribution < -0.4 is 10.6 Å². The van der Waals surface area contributed by atoms with Crippen LogP contribution in [0, 0.1) is 0 Å². The number of ether oxygens (including phenoxy) is 4. The van der Waals surface area contributed by atoms with Crippen molar-refractivity contribution in [1.82, 2.24) is 15.5 Å². The van der Waals surface area contributed by atoms with E-state index in [-0.39, 0.29) is 25.0 Å². The summed E-state index contributed by atoms with van der Waals surface area (Å²) in [7, 11) is 0. The van der Waals surface area contributed by atoms with Crippen LogP contribution in [-0.2, 0) is 33.3 Å². The maximum atomic E-state index is 11.8. The van der Waals surface area contributed by atoms with Crippen LogP contribution in [0.5, 0.6) is 0 Å². The van der Waals surface area contributed by atoms with E-state index in [1.165, 1.54) is 12.2 Å². The number of rotatable bonds is 16. The molecule has 0 fully saturated rings. The normalized spacial score (nSPS) is 18.7. The molecule has 0 bridgehead atoms. The van der Waals surface area contributed by atoms with Gasteiger partial charge in [-0.2, -0.15) is 0 Å². The van der Waals surface area contributed by atoms with Crippen LogP contribution in [0.25, 0.3) is 0 Å². The SMILES string of the molecule is O=C(CCN1C(=O)C=CC1=O)NCCOCCOCCOCCNC(=O)O[C@H]1CC/C=C/CCC1. The maximum Gasteiger partial charge on any atom is 0.407 e.